The predicted molar refractivity (Wildman–Crippen MR) is 118 cm³/mol. The summed E-state index contributed by atoms with van der Waals surface area (Å²) in [4.78, 5) is 42.5. The van der Waals surface area contributed by atoms with E-state index in [0.717, 1.165) is 24.1 Å². The molecule has 3 aromatic rings. The van der Waals surface area contributed by atoms with Crippen LogP contribution in [0.15, 0.2) is 47.4 Å². The molecule has 156 valence electrons. The summed E-state index contributed by atoms with van der Waals surface area (Å²) >= 11 is 0. The van der Waals surface area contributed by atoms with Crippen molar-refractivity contribution in [2.24, 2.45) is 0 Å². The van der Waals surface area contributed by atoms with E-state index in [0.29, 0.717) is 23.3 Å². The lowest BCUT2D eigenvalue weighted by atomic mass is 10.1. The van der Waals surface area contributed by atoms with Crippen molar-refractivity contribution in [1.82, 2.24) is 14.9 Å². The van der Waals surface area contributed by atoms with Crippen LogP contribution in [0.25, 0.3) is 11.0 Å². The maximum Gasteiger partial charge on any atom is 0.261 e. The number of hydrogen-bond acceptors (Lipinski definition) is 4. The molecule has 7 heteroatoms. The highest BCUT2D eigenvalue weighted by molar-refractivity contribution is 6.05. The molecule has 2 amide bonds. The van der Waals surface area contributed by atoms with Crippen LogP contribution in [0, 0.1) is 6.92 Å². The molecule has 2 N–H and O–H groups in total. The van der Waals surface area contributed by atoms with Crippen molar-refractivity contribution >= 4 is 28.5 Å². The van der Waals surface area contributed by atoms with Crippen LogP contribution in [0.3, 0.4) is 0 Å². The number of carbonyl (C=O) groups is 2. The predicted octanol–water partition coefficient (Wildman–Crippen LogP) is 3.05. The van der Waals surface area contributed by atoms with E-state index in [1.165, 1.54) is 6.20 Å². The zero-order valence-corrected chi connectivity index (χ0v) is 17.5. The number of nitrogens with one attached hydrogen (secondary N) is 2. The van der Waals surface area contributed by atoms with Crippen LogP contribution in [0.5, 0.6) is 0 Å². The van der Waals surface area contributed by atoms with E-state index < -0.39 is 11.3 Å². The van der Waals surface area contributed by atoms with Gasteiger partial charge in [0.1, 0.15) is 17.8 Å². The van der Waals surface area contributed by atoms with Gasteiger partial charge in [0.2, 0.25) is 11.3 Å². The van der Waals surface area contributed by atoms with Crippen molar-refractivity contribution in [2.75, 3.05) is 11.9 Å². The van der Waals surface area contributed by atoms with Gasteiger partial charge in [-0.25, -0.2) is 4.98 Å². The Hall–Kier alpha value is -3.48. The quantitative estimate of drug-likeness (QED) is 0.631. The Kier molecular flexibility index (Phi) is 6.61. The van der Waals surface area contributed by atoms with E-state index in [2.05, 4.69) is 22.5 Å². The molecular formula is C23H26N4O3. The Morgan fingerprint density at radius 3 is 2.47 bits per heavy atom. The normalized spacial score (nSPS) is 10.8. The van der Waals surface area contributed by atoms with E-state index >= 15 is 0 Å². The molecule has 0 saturated heterocycles. The number of fused-ring (bicyclic) bond motifs is 1. The van der Waals surface area contributed by atoms with E-state index in [4.69, 9.17) is 0 Å². The van der Waals surface area contributed by atoms with Gasteiger partial charge in [0.25, 0.3) is 5.91 Å². The SMILES string of the molecule is CCCNC(=O)Cn1cc(C(=O)Nc2ccc(CC)cc2)c(=O)c2ccc(C)nc21. The zero-order valence-electron chi connectivity index (χ0n) is 17.5. The van der Waals surface area contributed by atoms with E-state index in [1.54, 1.807) is 28.8 Å². The Bertz CT molecular complexity index is 1130. The van der Waals surface area contributed by atoms with E-state index in [1.807, 2.05) is 26.0 Å². The maximum atomic E-state index is 13.0. The first-order chi connectivity index (χ1) is 14.4. The van der Waals surface area contributed by atoms with Gasteiger partial charge in [-0.2, -0.15) is 0 Å². The molecule has 2 heterocycles. The van der Waals surface area contributed by atoms with Crippen LogP contribution in [-0.4, -0.2) is 27.9 Å². The maximum absolute atomic E-state index is 13.0. The highest BCUT2D eigenvalue weighted by atomic mass is 16.2. The van der Waals surface area contributed by atoms with Gasteiger partial charge in [-0.1, -0.05) is 26.0 Å². The van der Waals surface area contributed by atoms with Gasteiger partial charge >= 0.3 is 0 Å². The number of carbonyl (C=O) groups excluding carboxylic acids is 2. The molecule has 0 radical (unpaired) electrons. The molecule has 3 rings (SSSR count). The summed E-state index contributed by atoms with van der Waals surface area (Å²) in [6.07, 6.45) is 3.13. The molecule has 0 aliphatic rings. The van der Waals surface area contributed by atoms with Gasteiger partial charge in [0.05, 0.1) is 5.39 Å². The van der Waals surface area contributed by atoms with Gasteiger partial charge in [0.15, 0.2) is 0 Å². The summed E-state index contributed by atoms with van der Waals surface area (Å²) < 4.78 is 1.56. The largest absolute Gasteiger partial charge is 0.355 e. The number of rotatable bonds is 7. The highest BCUT2D eigenvalue weighted by Gasteiger charge is 2.18. The van der Waals surface area contributed by atoms with Crippen molar-refractivity contribution in [3.05, 3.63) is 69.6 Å². The molecule has 7 nitrogen and oxygen atoms in total. The Labute approximate surface area is 175 Å². The first-order valence-corrected chi connectivity index (χ1v) is 10.1. The molecule has 0 unspecified atom stereocenters. The second-order valence-electron chi connectivity index (χ2n) is 7.18. The molecule has 0 aliphatic heterocycles. The first-order valence-electron chi connectivity index (χ1n) is 10.1. The summed E-state index contributed by atoms with van der Waals surface area (Å²) in [6, 6.07) is 10.8. The molecule has 0 aliphatic carbocycles. The molecule has 30 heavy (non-hydrogen) atoms. The van der Waals surface area contributed by atoms with Crippen LogP contribution in [-0.2, 0) is 17.8 Å². The van der Waals surface area contributed by atoms with E-state index in [-0.39, 0.29) is 18.0 Å². The fraction of sp³-hybridized carbons (Fsp3) is 0.304. The Morgan fingerprint density at radius 2 is 1.80 bits per heavy atom. The third-order valence-corrected chi connectivity index (χ3v) is 4.81. The minimum Gasteiger partial charge on any atom is -0.355 e. The fourth-order valence-corrected chi connectivity index (χ4v) is 3.14. The minimum atomic E-state index is -0.519. The molecular weight excluding hydrogens is 380 g/mol. The second kappa shape index (κ2) is 9.35. The number of anilines is 1. The van der Waals surface area contributed by atoms with Crippen molar-refractivity contribution in [3.63, 3.8) is 0 Å². The van der Waals surface area contributed by atoms with Crippen LogP contribution in [0.2, 0.25) is 0 Å². The lowest BCUT2D eigenvalue weighted by Crippen LogP contribution is -2.30. The summed E-state index contributed by atoms with van der Waals surface area (Å²) in [5.41, 5.74) is 2.42. The molecule has 0 fully saturated rings. The van der Waals surface area contributed by atoms with Crippen LogP contribution >= 0.6 is 0 Å². The van der Waals surface area contributed by atoms with Crippen molar-refractivity contribution in [3.8, 4) is 0 Å². The Balaban J connectivity index is 1.99. The number of aryl methyl sites for hydroxylation is 2. The average Bonchev–Trinajstić information content (AvgIpc) is 2.74. The molecule has 0 atom stereocenters. The summed E-state index contributed by atoms with van der Waals surface area (Å²) in [5.74, 6) is -0.721. The topological polar surface area (TPSA) is 93.1 Å². The lowest BCUT2D eigenvalue weighted by Gasteiger charge is -2.13. The first kappa shape index (κ1) is 21.2. The van der Waals surface area contributed by atoms with Crippen LogP contribution < -0.4 is 16.1 Å². The van der Waals surface area contributed by atoms with E-state index in [9.17, 15) is 14.4 Å². The number of aromatic nitrogens is 2. The van der Waals surface area contributed by atoms with Gasteiger partial charge in [-0.05, 0) is 49.6 Å². The minimum absolute atomic E-state index is 0.0291. The second-order valence-corrected chi connectivity index (χ2v) is 7.18. The van der Waals surface area contributed by atoms with Crippen molar-refractivity contribution in [1.29, 1.82) is 0 Å². The smallest absolute Gasteiger partial charge is 0.261 e. The van der Waals surface area contributed by atoms with Crippen molar-refractivity contribution in [2.45, 2.75) is 40.2 Å². The third kappa shape index (κ3) is 4.74. The molecule has 0 saturated carbocycles. The lowest BCUT2D eigenvalue weighted by molar-refractivity contribution is -0.121. The van der Waals surface area contributed by atoms with Gasteiger partial charge in [0, 0.05) is 24.1 Å². The monoisotopic (exact) mass is 406 g/mol. The molecule has 2 aromatic heterocycles. The molecule has 0 spiro atoms. The zero-order chi connectivity index (χ0) is 21.7. The van der Waals surface area contributed by atoms with Crippen LogP contribution in [0.1, 0.15) is 41.9 Å². The summed E-state index contributed by atoms with van der Waals surface area (Å²) in [7, 11) is 0. The van der Waals surface area contributed by atoms with Gasteiger partial charge < -0.3 is 15.2 Å². The Morgan fingerprint density at radius 1 is 1.07 bits per heavy atom. The van der Waals surface area contributed by atoms with Gasteiger partial charge in [-0.3, -0.25) is 14.4 Å². The number of benzene rings is 1. The number of pyridine rings is 2. The highest BCUT2D eigenvalue weighted by Crippen LogP contribution is 2.14. The molecule has 1 aromatic carbocycles. The van der Waals surface area contributed by atoms with Crippen LogP contribution in [0.4, 0.5) is 5.69 Å². The number of hydrogen-bond donors (Lipinski definition) is 2. The summed E-state index contributed by atoms with van der Waals surface area (Å²) in [6.45, 7) is 6.36. The summed E-state index contributed by atoms with van der Waals surface area (Å²) in [5, 5.41) is 5.88. The number of amides is 2. The third-order valence-electron chi connectivity index (χ3n) is 4.81. The molecule has 0 bridgehead atoms. The fourth-order valence-electron chi connectivity index (χ4n) is 3.14. The van der Waals surface area contributed by atoms with Crippen molar-refractivity contribution < 1.29 is 9.59 Å². The standard InChI is InChI=1S/C23H26N4O3/c1-4-12-24-20(28)14-27-13-19(21(29)18-11-6-15(3)25-22(18)27)23(30)26-17-9-7-16(5-2)8-10-17/h6-11,13H,4-5,12,14H2,1-3H3,(H,24,28)(H,26,30). The van der Waals surface area contributed by atoms with Gasteiger partial charge in [-0.15, -0.1) is 0 Å². The average molecular weight is 406 g/mol. The number of nitrogens with zero attached hydrogens (tertiary/aromatic N) is 2.